The fraction of sp³-hybridized carbons (Fsp3) is 0.562. The molecule has 0 unspecified atom stereocenters. The monoisotopic (exact) mass is 708 g/mol. The second-order valence-corrected chi connectivity index (χ2v) is 11.5. The molecule has 1 aromatic carbocycles. The standard InChI is InChI=1S/C32H44N4O14/c1-15(29(33)42)34-31(44)25(36-30(43)23(35-17(3)37)13-22-11-9-8-10-12-22)16(2)46-32-28(49-21(7)41)27(48-20(6)40)26(47-19(5)39)24(50-32)14-45-18(4)38/h8-12,15-16,23-28,32H,13-14H2,1-7H3,(H2,33,42)(H,34,44)(H,35,37)(H,36,43)/t15-,16+,23-,24+,25+,26-,27-,28+,32+/m0/s1. The third-order valence-electron chi connectivity index (χ3n) is 7.11. The zero-order valence-electron chi connectivity index (χ0n) is 28.8. The van der Waals surface area contributed by atoms with Gasteiger partial charge in [-0.3, -0.25) is 38.4 Å². The molecule has 0 bridgehead atoms. The zero-order valence-corrected chi connectivity index (χ0v) is 28.8. The van der Waals surface area contributed by atoms with E-state index in [1.54, 1.807) is 30.3 Å². The van der Waals surface area contributed by atoms with Gasteiger partial charge in [0.1, 0.15) is 30.8 Å². The Balaban J connectivity index is 2.55. The van der Waals surface area contributed by atoms with Crippen LogP contribution in [0, 0.1) is 0 Å². The van der Waals surface area contributed by atoms with Gasteiger partial charge in [0.05, 0.1) is 6.10 Å². The van der Waals surface area contributed by atoms with Crippen molar-refractivity contribution < 1.29 is 66.8 Å². The Bertz CT molecular complexity index is 1410. The first kappa shape index (κ1) is 41.1. The summed E-state index contributed by atoms with van der Waals surface area (Å²) in [5.41, 5.74) is 6.02. The number of esters is 4. The summed E-state index contributed by atoms with van der Waals surface area (Å²) in [4.78, 5) is 99.1. The van der Waals surface area contributed by atoms with E-state index in [9.17, 15) is 38.4 Å². The molecule has 0 aliphatic carbocycles. The van der Waals surface area contributed by atoms with Gasteiger partial charge in [-0.2, -0.15) is 0 Å². The first-order valence-corrected chi connectivity index (χ1v) is 15.6. The molecule has 0 saturated carbocycles. The number of benzene rings is 1. The average Bonchev–Trinajstić information content (AvgIpc) is 3.00. The van der Waals surface area contributed by atoms with Gasteiger partial charge in [-0.15, -0.1) is 0 Å². The van der Waals surface area contributed by atoms with Gasteiger partial charge in [-0.25, -0.2) is 0 Å². The summed E-state index contributed by atoms with van der Waals surface area (Å²) in [6.07, 6.45) is -9.10. The average molecular weight is 709 g/mol. The van der Waals surface area contributed by atoms with Crippen molar-refractivity contribution in [2.45, 2.75) is 110 Å². The molecular weight excluding hydrogens is 664 g/mol. The van der Waals surface area contributed by atoms with Crippen molar-refractivity contribution in [1.29, 1.82) is 0 Å². The fourth-order valence-electron chi connectivity index (χ4n) is 4.92. The number of nitrogens with one attached hydrogen (secondary N) is 3. The first-order chi connectivity index (χ1) is 23.4. The maximum atomic E-state index is 13.6. The SMILES string of the molecule is CC(=O)N[C@@H](Cc1ccccc1)C(=O)N[C@@H](C(=O)N[C@@H](C)C(N)=O)[C@@H](C)O[C@@H]1O[C@H](COC(C)=O)[C@H](OC(C)=O)[C@H](OC(C)=O)[C@H]1OC(C)=O. The lowest BCUT2D eigenvalue weighted by Crippen LogP contribution is -2.65. The molecule has 0 radical (unpaired) electrons. The lowest BCUT2D eigenvalue weighted by Gasteiger charge is -2.45. The maximum Gasteiger partial charge on any atom is 0.303 e. The summed E-state index contributed by atoms with van der Waals surface area (Å²) in [7, 11) is 0. The molecule has 5 N–H and O–H groups in total. The Morgan fingerprint density at radius 2 is 1.30 bits per heavy atom. The van der Waals surface area contributed by atoms with E-state index in [1.165, 1.54) is 20.8 Å². The quantitative estimate of drug-likeness (QED) is 0.115. The predicted molar refractivity (Wildman–Crippen MR) is 169 cm³/mol. The van der Waals surface area contributed by atoms with Crippen molar-refractivity contribution >= 4 is 47.5 Å². The summed E-state index contributed by atoms with van der Waals surface area (Å²) in [6, 6.07) is 4.72. The van der Waals surface area contributed by atoms with E-state index in [1.807, 2.05) is 0 Å². The van der Waals surface area contributed by atoms with E-state index >= 15 is 0 Å². The van der Waals surface area contributed by atoms with Crippen LogP contribution in [0.4, 0.5) is 0 Å². The second-order valence-electron chi connectivity index (χ2n) is 11.5. The van der Waals surface area contributed by atoms with Crippen LogP contribution in [0.25, 0.3) is 0 Å². The van der Waals surface area contributed by atoms with Crippen LogP contribution in [0.2, 0.25) is 0 Å². The lowest BCUT2D eigenvalue weighted by molar-refractivity contribution is -0.316. The van der Waals surface area contributed by atoms with Gasteiger partial charge in [0.2, 0.25) is 23.6 Å². The molecule has 1 aliphatic heterocycles. The first-order valence-electron chi connectivity index (χ1n) is 15.6. The summed E-state index contributed by atoms with van der Waals surface area (Å²) in [6.45, 7) is 7.55. The molecule has 9 atom stereocenters. The molecule has 276 valence electrons. The third-order valence-corrected chi connectivity index (χ3v) is 7.11. The number of nitrogens with two attached hydrogens (primary N) is 1. The molecule has 0 aromatic heterocycles. The number of carbonyl (C=O) groups excluding carboxylic acids is 8. The molecule has 2 rings (SSSR count). The molecule has 18 heteroatoms. The molecule has 1 saturated heterocycles. The van der Waals surface area contributed by atoms with Crippen molar-refractivity contribution in [1.82, 2.24) is 16.0 Å². The highest BCUT2D eigenvalue weighted by Gasteiger charge is 2.53. The van der Waals surface area contributed by atoms with E-state index in [-0.39, 0.29) is 6.42 Å². The van der Waals surface area contributed by atoms with Gasteiger partial charge in [-0.1, -0.05) is 30.3 Å². The van der Waals surface area contributed by atoms with Crippen molar-refractivity contribution in [3.63, 3.8) is 0 Å². The fourth-order valence-corrected chi connectivity index (χ4v) is 4.92. The Kier molecular flexibility index (Phi) is 15.8. The van der Waals surface area contributed by atoms with Gasteiger partial charge in [0.15, 0.2) is 24.6 Å². The van der Waals surface area contributed by atoms with E-state index in [4.69, 9.17) is 34.2 Å². The lowest BCUT2D eigenvalue weighted by atomic mass is 9.97. The smallest absolute Gasteiger partial charge is 0.303 e. The second kappa shape index (κ2) is 19.2. The zero-order chi connectivity index (χ0) is 37.7. The number of carbonyl (C=O) groups is 8. The largest absolute Gasteiger partial charge is 0.463 e. The Hall–Kier alpha value is -5.10. The minimum Gasteiger partial charge on any atom is -0.463 e. The number of ether oxygens (including phenoxy) is 6. The minimum atomic E-state index is -1.71. The number of hydrogen-bond donors (Lipinski definition) is 4. The summed E-state index contributed by atoms with van der Waals surface area (Å²) >= 11 is 0. The third kappa shape index (κ3) is 13.1. The van der Waals surface area contributed by atoms with Crippen LogP contribution in [0.5, 0.6) is 0 Å². The van der Waals surface area contributed by atoms with Crippen molar-refractivity contribution in [3.8, 4) is 0 Å². The Morgan fingerprint density at radius 1 is 0.740 bits per heavy atom. The summed E-state index contributed by atoms with van der Waals surface area (Å²) in [5.74, 6) is -6.53. The normalized spacial score (nSPS) is 22.3. The van der Waals surface area contributed by atoms with Crippen molar-refractivity contribution in [2.24, 2.45) is 5.73 Å². The number of hydrogen-bond acceptors (Lipinski definition) is 14. The highest BCUT2D eigenvalue weighted by Crippen LogP contribution is 2.31. The van der Waals surface area contributed by atoms with Gasteiger partial charge in [0, 0.05) is 41.0 Å². The molecule has 4 amide bonds. The molecule has 1 aromatic rings. The summed E-state index contributed by atoms with van der Waals surface area (Å²) < 4.78 is 33.3. The van der Waals surface area contributed by atoms with Gasteiger partial charge < -0.3 is 50.1 Å². The van der Waals surface area contributed by atoms with E-state index in [0.29, 0.717) is 5.56 Å². The van der Waals surface area contributed by atoms with Gasteiger partial charge >= 0.3 is 23.9 Å². The number of amides is 4. The molecule has 1 fully saturated rings. The van der Waals surface area contributed by atoms with Gasteiger partial charge in [0.25, 0.3) is 0 Å². The van der Waals surface area contributed by atoms with Crippen LogP contribution in [-0.4, -0.2) is 109 Å². The highest BCUT2D eigenvalue weighted by molar-refractivity contribution is 5.94. The van der Waals surface area contributed by atoms with E-state index in [2.05, 4.69) is 16.0 Å². The van der Waals surface area contributed by atoms with Crippen LogP contribution in [0.3, 0.4) is 0 Å². The molecule has 1 aliphatic rings. The minimum absolute atomic E-state index is 0.0349. The molecule has 18 nitrogen and oxygen atoms in total. The van der Waals surface area contributed by atoms with E-state index in [0.717, 1.165) is 27.7 Å². The summed E-state index contributed by atoms with van der Waals surface area (Å²) in [5, 5.41) is 7.45. The van der Waals surface area contributed by atoms with Crippen LogP contribution in [0.15, 0.2) is 30.3 Å². The van der Waals surface area contributed by atoms with Crippen LogP contribution in [-0.2, 0) is 73.2 Å². The van der Waals surface area contributed by atoms with Crippen LogP contribution in [0.1, 0.15) is 54.0 Å². The van der Waals surface area contributed by atoms with Gasteiger partial charge in [-0.05, 0) is 19.4 Å². The number of primary amides is 1. The highest BCUT2D eigenvalue weighted by atomic mass is 16.7. The van der Waals surface area contributed by atoms with Crippen LogP contribution >= 0.6 is 0 Å². The molecule has 0 spiro atoms. The maximum absolute atomic E-state index is 13.6. The van der Waals surface area contributed by atoms with Crippen LogP contribution < -0.4 is 21.7 Å². The molecular formula is C32H44N4O14. The van der Waals surface area contributed by atoms with Crippen molar-refractivity contribution in [3.05, 3.63) is 35.9 Å². The molecule has 1 heterocycles. The number of rotatable bonds is 16. The Morgan fingerprint density at radius 3 is 1.82 bits per heavy atom. The topological polar surface area (TPSA) is 254 Å². The molecule has 50 heavy (non-hydrogen) atoms. The predicted octanol–water partition coefficient (Wildman–Crippen LogP) is -1.30. The van der Waals surface area contributed by atoms with Crippen molar-refractivity contribution in [2.75, 3.05) is 6.61 Å². The Labute approximate surface area is 288 Å². The van der Waals surface area contributed by atoms with E-state index < -0.39 is 109 Å².